The van der Waals surface area contributed by atoms with Crippen LogP contribution in [0.25, 0.3) is 0 Å². The van der Waals surface area contributed by atoms with Gasteiger partial charge < -0.3 is 13.9 Å². The molecule has 1 rings (SSSR count). The third kappa shape index (κ3) is 9.26. The van der Waals surface area contributed by atoms with E-state index in [4.69, 9.17) is 0 Å². The van der Waals surface area contributed by atoms with Crippen LogP contribution in [-0.2, 0) is 26.7 Å². The van der Waals surface area contributed by atoms with Gasteiger partial charge in [0.1, 0.15) is 12.4 Å². The molecule has 0 aliphatic heterocycles. The first-order chi connectivity index (χ1) is 9.49. The van der Waals surface area contributed by atoms with E-state index >= 15 is 0 Å². The molecule has 0 amide bonds. The summed E-state index contributed by atoms with van der Waals surface area (Å²) in [5.41, 5.74) is 0. The molecule has 1 heterocycles. The van der Waals surface area contributed by atoms with Gasteiger partial charge in [-0.05, 0) is 26.7 Å². The van der Waals surface area contributed by atoms with Crippen LogP contribution in [0.3, 0.4) is 0 Å². The number of aromatic nitrogens is 2. The van der Waals surface area contributed by atoms with E-state index in [9.17, 15) is 9.46 Å². The quantitative estimate of drug-likeness (QED) is 0.545. The first kappa shape index (κ1) is 19.3. The Morgan fingerprint density at radius 3 is 2.00 bits per heavy atom. The molecule has 1 aromatic heterocycles. The second kappa shape index (κ2) is 11.0. The summed E-state index contributed by atoms with van der Waals surface area (Å²) in [6.45, 7) is 10.5. The molecule has 0 fully saturated rings. The highest BCUT2D eigenvalue weighted by Crippen LogP contribution is 2.38. The predicted molar refractivity (Wildman–Crippen MR) is 76.1 cm³/mol. The highest BCUT2D eigenvalue weighted by atomic mass is 31.2. The molecule has 1 aromatic rings. The van der Waals surface area contributed by atoms with Gasteiger partial charge in [-0.1, -0.05) is 13.8 Å². The molecular formula is C13H27N2O4P. The zero-order valence-corrected chi connectivity index (χ0v) is 13.8. The van der Waals surface area contributed by atoms with Gasteiger partial charge in [0.2, 0.25) is 6.33 Å². The standard InChI is InChI=1S/C7H13N2.C6H15O4P/c1-3-8-5-6-9(4-2)7-8;1-3-5-9-11(7,8)10-6-4-2/h5-7H,3-4H2,1-2H3;3-6H2,1-2H3,(H,7,8)/q+1;/p-1. The molecule has 6 nitrogen and oxygen atoms in total. The van der Waals surface area contributed by atoms with Crippen molar-refractivity contribution in [2.45, 2.75) is 53.6 Å². The Labute approximate surface area is 122 Å². The topological polar surface area (TPSA) is 67.4 Å². The molecule has 0 radical (unpaired) electrons. The number of phosphoric acid groups is 1. The molecule has 0 atom stereocenters. The van der Waals surface area contributed by atoms with Crippen LogP contribution in [0.1, 0.15) is 40.5 Å². The fraction of sp³-hybridized carbons (Fsp3) is 0.769. The van der Waals surface area contributed by atoms with E-state index in [1.165, 1.54) is 0 Å². The fourth-order valence-electron chi connectivity index (χ4n) is 1.26. The molecule has 0 saturated carbocycles. The Kier molecular flexibility index (Phi) is 10.7. The SMILES string of the molecule is CCCOP(=O)([O-])OCCC.CCn1cc[n+](CC)c1. The number of nitrogens with zero attached hydrogens (tertiary/aromatic N) is 2. The summed E-state index contributed by atoms with van der Waals surface area (Å²) in [5.74, 6) is 0. The Bertz CT molecular complexity index is 365. The maximum atomic E-state index is 10.7. The summed E-state index contributed by atoms with van der Waals surface area (Å²) in [5, 5.41) is 0. The minimum Gasteiger partial charge on any atom is -0.756 e. The predicted octanol–water partition coefficient (Wildman–Crippen LogP) is 2.12. The summed E-state index contributed by atoms with van der Waals surface area (Å²) in [7, 11) is -3.98. The maximum Gasteiger partial charge on any atom is 0.267 e. The molecule has 0 aliphatic carbocycles. The van der Waals surface area contributed by atoms with Gasteiger partial charge in [0.05, 0.1) is 26.3 Å². The van der Waals surface area contributed by atoms with Gasteiger partial charge in [-0.3, -0.25) is 4.57 Å². The van der Waals surface area contributed by atoms with Crippen LogP contribution in [0.5, 0.6) is 0 Å². The van der Waals surface area contributed by atoms with Gasteiger partial charge in [-0.2, -0.15) is 0 Å². The molecule has 20 heavy (non-hydrogen) atoms. The van der Waals surface area contributed by atoms with Crippen LogP contribution in [0, 0.1) is 0 Å². The molecule has 0 saturated heterocycles. The second-order valence-corrected chi connectivity index (χ2v) is 5.60. The highest BCUT2D eigenvalue weighted by Gasteiger charge is 2.06. The smallest absolute Gasteiger partial charge is 0.267 e. The lowest BCUT2D eigenvalue weighted by molar-refractivity contribution is -0.693. The number of phosphoric ester groups is 1. The first-order valence-corrected chi connectivity index (χ1v) is 8.60. The lowest BCUT2D eigenvalue weighted by Gasteiger charge is -2.21. The van der Waals surface area contributed by atoms with Crippen molar-refractivity contribution in [3.63, 3.8) is 0 Å². The van der Waals surface area contributed by atoms with Crippen molar-refractivity contribution in [2.75, 3.05) is 13.2 Å². The van der Waals surface area contributed by atoms with Gasteiger partial charge in [0.25, 0.3) is 7.82 Å². The molecule has 0 aromatic carbocycles. The van der Waals surface area contributed by atoms with Gasteiger partial charge >= 0.3 is 0 Å². The number of imidazole rings is 1. The lowest BCUT2D eigenvalue weighted by atomic mass is 10.5. The molecule has 0 N–H and O–H groups in total. The van der Waals surface area contributed by atoms with Crippen molar-refractivity contribution >= 4 is 7.82 Å². The normalized spacial score (nSPS) is 11.1. The Hall–Kier alpha value is -0.680. The molecular weight excluding hydrogens is 279 g/mol. The first-order valence-electron chi connectivity index (χ1n) is 7.13. The van der Waals surface area contributed by atoms with Crippen LogP contribution in [0.15, 0.2) is 18.7 Å². The van der Waals surface area contributed by atoms with Crippen molar-refractivity contribution in [1.82, 2.24) is 4.57 Å². The summed E-state index contributed by atoms with van der Waals surface area (Å²) in [4.78, 5) is 10.7. The van der Waals surface area contributed by atoms with E-state index in [2.05, 4.69) is 50.8 Å². The fourth-order valence-corrected chi connectivity index (χ4v) is 2.14. The van der Waals surface area contributed by atoms with Crippen LogP contribution in [0.2, 0.25) is 0 Å². The Morgan fingerprint density at radius 1 is 1.15 bits per heavy atom. The summed E-state index contributed by atoms with van der Waals surface area (Å²) >= 11 is 0. The Balaban J connectivity index is 0.000000367. The highest BCUT2D eigenvalue weighted by molar-refractivity contribution is 7.45. The monoisotopic (exact) mass is 306 g/mol. The van der Waals surface area contributed by atoms with Crippen LogP contribution in [0.4, 0.5) is 0 Å². The van der Waals surface area contributed by atoms with Crippen molar-refractivity contribution < 1.29 is 23.1 Å². The average molecular weight is 306 g/mol. The van der Waals surface area contributed by atoms with Gasteiger partial charge in [-0.25, -0.2) is 9.13 Å². The minimum atomic E-state index is -3.98. The van der Waals surface area contributed by atoms with E-state index in [0.717, 1.165) is 13.1 Å². The molecule has 0 aliphatic rings. The minimum absolute atomic E-state index is 0.199. The number of aryl methyl sites for hydroxylation is 2. The third-order valence-electron chi connectivity index (χ3n) is 2.38. The van der Waals surface area contributed by atoms with E-state index in [0.29, 0.717) is 12.8 Å². The summed E-state index contributed by atoms with van der Waals surface area (Å²) in [6.07, 6.45) is 7.62. The van der Waals surface area contributed by atoms with Gasteiger partial charge in [-0.15, -0.1) is 0 Å². The Morgan fingerprint density at radius 2 is 1.70 bits per heavy atom. The molecule has 118 valence electrons. The summed E-state index contributed by atoms with van der Waals surface area (Å²) in [6, 6.07) is 0. The van der Waals surface area contributed by atoms with E-state index in [-0.39, 0.29) is 13.2 Å². The van der Waals surface area contributed by atoms with Gasteiger partial charge in [0.15, 0.2) is 0 Å². The van der Waals surface area contributed by atoms with E-state index < -0.39 is 7.82 Å². The number of rotatable bonds is 8. The van der Waals surface area contributed by atoms with E-state index in [1.54, 1.807) is 0 Å². The second-order valence-electron chi connectivity index (χ2n) is 4.19. The molecule has 0 unspecified atom stereocenters. The van der Waals surface area contributed by atoms with Crippen LogP contribution in [-0.4, -0.2) is 17.8 Å². The zero-order chi connectivity index (χ0) is 15.4. The molecule has 7 heteroatoms. The van der Waals surface area contributed by atoms with Crippen molar-refractivity contribution in [1.29, 1.82) is 0 Å². The van der Waals surface area contributed by atoms with Crippen molar-refractivity contribution in [3.05, 3.63) is 18.7 Å². The van der Waals surface area contributed by atoms with Crippen LogP contribution < -0.4 is 9.46 Å². The number of hydrogen-bond donors (Lipinski definition) is 0. The maximum absolute atomic E-state index is 10.7. The number of hydrogen-bond acceptors (Lipinski definition) is 4. The lowest BCUT2D eigenvalue weighted by Crippen LogP contribution is -2.28. The van der Waals surface area contributed by atoms with E-state index in [1.807, 2.05) is 13.8 Å². The van der Waals surface area contributed by atoms with Crippen LogP contribution >= 0.6 is 7.82 Å². The van der Waals surface area contributed by atoms with Crippen molar-refractivity contribution in [3.8, 4) is 0 Å². The summed E-state index contributed by atoms with van der Waals surface area (Å²) < 4.78 is 24.0. The largest absolute Gasteiger partial charge is 0.756 e. The molecule has 0 bridgehead atoms. The third-order valence-corrected chi connectivity index (χ3v) is 3.38. The van der Waals surface area contributed by atoms with Gasteiger partial charge in [0, 0.05) is 0 Å². The van der Waals surface area contributed by atoms with Crippen molar-refractivity contribution in [2.24, 2.45) is 0 Å². The molecule has 0 spiro atoms. The average Bonchev–Trinajstić information content (AvgIpc) is 2.92. The zero-order valence-electron chi connectivity index (χ0n) is 12.9.